The number of carbonyl (C=O) groups is 8. The predicted octanol–water partition coefficient (Wildman–Crippen LogP) is 2.96. The molecule has 4 rings (SSSR count). The SMILES string of the molecule is CC(C)CC(NC(=O)C1CC(OC(C)(C)C)CN1C(=O)C(NC(=O)c1c(F)c(F)c(F)c(F)c1C(=O)O)C1CCCCC1)C(=O)C(=O)NCC(=O)NC(C(N)=O)c1ccccc1. The topological polar surface area (TPSA) is 243 Å². The normalized spacial score (nSPS) is 18.3. The minimum Gasteiger partial charge on any atom is -0.478 e. The van der Waals surface area contributed by atoms with Crippen LogP contribution in [0.15, 0.2) is 30.3 Å². The highest BCUT2D eigenvalue weighted by molar-refractivity contribution is 6.38. The molecule has 0 radical (unpaired) electrons. The van der Waals surface area contributed by atoms with E-state index in [4.69, 9.17) is 10.5 Å². The van der Waals surface area contributed by atoms with Gasteiger partial charge in [-0.25, -0.2) is 22.4 Å². The number of hydrogen-bond acceptors (Lipinski definition) is 9. The second-order valence-corrected chi connectivity index (χ2v) is 16.8. The molecule has 2 fully saturated rings. The summed E-state index contributed by atoms with van der Waals surface area (Å²) in [6.07, 6.45) is 1.49. The molecule has 62 heavy (non-hydrogen) atoms. The summed E-state index contributed by atoms with van der Waals surface area (Å²) >= 11 is 0. The number of amides is 6. The summed E-state index contributed by atoms with van der Waals surface area (Å²) in [5.41, 5.74) is 1.55. The number of likely N-dealkylation sites (tertiary alicyclic amines) is 1. The third-order valence-corrected chi connectivity index (χ3v) is 10.4. The smallest absolute Gasteiger partial charge is 0.339 e. The van der Waals surface area contributed by atoms with Gasteiger partial charge < -0.3 is 41.7 Å². The highest BCUT2D eigenvalue weighted by atomic mass is 19.2. The van der Waals surface area contributed by atoms with E-state index in [0.29, 0.717) is 31.2 Å². The van der Waals surface area contributed by atoms with Crippen LogP contribution in [0, 0.1) is 35.1 Å². The lowest BCUT2D eigenvalue weighted by Crippen LogP contribution is -2.58. The number of hydrogen-bond donors (Lipinski definition) is 6. The van der Waals surface area contributed by atoms with Crippen LogP contribution in [0.5, 0.6) is 0 Å². The summed E-state index contributed by atoms with van der Waals surface area (Å²) in [4.78, 5) is 107. The third-order valence-electron chi connectivity index (χ3n) is 10.4. The van der Waals surface area contributed by atoms with Gasteiger partial charge in [-0.2, -0.15) is 0 Å². The summed E-state index contributed by atoms with van der Waals surface area (Å²) in [6, 6.07) is 2.27. The van der Waals surface area contributed by atoms with Crippen molar-refractivity contribution < 1.29 is 65.8 Å². The molecule has 2 aliphatic rings. The van der Waals surface area contributed by atoms with Crippen molar-refractivity contribution in [1.82, 2.24) is 26.2 Å². The minimum absolute atomic E-state index is 0.0758. The molecule has 2 aromatic rings. The summed E-state index contributed by atoms with van der Waals surface area (Å²) in [6.45, 7) is 7.58. The molecule has 1 heterocycles. The lowest BCUT2D eigenvalue weighted by atomic mass is 9.83. The lowest BCUT2D eigenvalue weighted by molar-refractivity contribution is -0.143. The molecular weight excluding hydrogens is 824 g/mol. The first-order valence-corrected chi connectivity index (χ1v) is 20.2. The molecule has 0 bridgehead atoms. The Morgan fingerprint density at radius 3 is 2.00 bits per heavy atom. The Hall–Kier alpha value is -5.92. The number of halogens is 4. The zero-order chi connectivity index (χ0) is 46.2. The zero-order valence-electron chi connectivity index (χ0n) is 35.0. The number of carboxylic acids is 1. The number of primary amides is 1. The van der Waals surface area contributed by atoms with Gasteiger partial charge in [0, 0.05) is 13.0 Å². The number of aromatic carboxylic acids is 1. The van der Waals surface area contributed by atoms with Crippen LogP contribution in [0.2, 0.25) is 0 Å². The minimum atomic E-state index is -2.46. The largest absolute Gasteiger partial charge is 0.478 e. The number of nitrogens with zero attached hydrogens (tertiary/aromatic N) is 1. The van der Waals surface area contributed by atoms with E-state index in [1.54, 1.807) is 65.0 Å². The molecule has 1 aliphatic heterocycles. The Balaban J connectivity index is 1.60. The maximum atomic E-state index is 15.1. The van der Waals surface area contributed by atoms with Gasteiger partial charge in [0.15, 0.2) is 23.3 Å². The summed E-state index contributed by atoms with van der Waals surface area (Å²) in [5.74, 6) is -20.5. The van der Waals surface area contributed by atoms with Gasteiger partial charge in [-0.15, -0.1) is 0 Å². The van der Waals surface area contributed by atoms with Crippen molar-refractivity contribution in [2.75, 3.05) is 13.1 Å². The monoisotopic (exact) mass is 876 g/mol. The van der Waals surface area contributed by atoms with Crippen LogP contribution in [0.1, 0.15) is 112 Å². The molecule has 1 saturated heterocycles. The Morgan fingerprint density at radius 2 is 1.45 bits per heavy atom. The van der Waals surface area contributed by atoms with Gasteiger partial charge in [0.25, 0.3) is 11.8 Å². The van der Waals surface area contributed by atoms with Crippen molar-refractivity contribution in [1.29, 1.82) is 0 Å². The molecular formula is C42H52F4N6O10. The number of nitrogens with one attached hydrogen (secondary N) is 4. The number of ether oxygens (including phenoxy) is 1. The van der Waals surface area contributed by atoms with Crippen LogP contribution in [-0.2, 0) is 33.5 Å². The predicted molar refractivity (Wildman–Crippen MR) is 212 cm³/mol. The van der Waals surface area contributed by atoms with Crippen LogP contribution < -0.4 is 27.0 Å². The Kier molecular flexibility index (Phi) is 16.3. The number of rotatable bonds is 17. The lowest BCUT2D eigenvalue weighted by Gasteiger charge is -2.35. The van der Waals surface area contributed by atoms with Gasteiger partial charge >= 0.3 is 5.97 Å². The van der Waals surface area contributed by atoms with Gasteiger partial charge in [-0.3, -0.25) is 33.6 Å². The van der Waals surface area contributed by atoms with E-state index >= 15 is 4.39 Å². The number of ketones is 1. The van der Waals surface area contributed by atoms with Crippen molar-refractivity contribution in [2.45, 2.75) is 115 Å². The first-order chi connectivity index (χ1) is 29.0. The molecule has 0 aromatic heterocycles. The maximum absolute atomic E-state index is 15.1. The van der Waals surface area contributed by atoms with Crippen molar-refractivity contribution in [3.05, 3.63) is 70.3 Å². The molecule has 20 heteroatoms. The van der Waals surface area contributed by atoms with Gasteiger partial charge in [-0.1, -0.05) is 63.4 Å². The quantitative estimate of drug-likeness (QED) is 0.0588. The van der Waals surface area contributed by atoms with E-state index in [2.05, 4.69) is 21.3 Å². The molecule has 5 atom stereocenters. The van der Waals surface area contributed by atoms with Crippen molar-refractivity contribution >= 4 is 47.2 Å². The van der Waals surface area contributed by atoms with Crippen molar-refractivity contribution in [3.8, 4) is 0 Å². The van der Waals surface area contributed by atoms with Crippen molar-refractivity contribution in [3.63, 3.8) is 0 Å². The first-order valence-electron chi connectivity index (χ1n) is 20.2. The van der Waals surface area contributed by atoms with Crippen LogP contribution in [0.4, 0.5) is 17.6 Å². The molecule has 338 valence electrons. The van der Waals surface area contributed by atoms with Crippen LogP contribution in [-0.4, -0.2) is 100 Å². The highest BCUT2D eigenvalue weighted by Gasteiger charge is 2.47. The van der Waals surface area contributed by atoms with Gasteiger partial charge in [0.05, 0.1) is 29.9 Å². The maximum Gasteiger partial charge on any atom is 0.339 e. The van der Waals surface area contributed by atoms with Gasteiger partial charge in [0.2, 0.25) is 29.4 Å². The second-order valence-electron chi connectivity index (χ2n) is 16.8. The third kappa shape index (κ3) is 12.1. The van der Waals surface area contributed by atoms with Gasteiger partial charge in [-0.05, 0) is 57.4 Å². The van der Waals surface area contributed by atoms with E-state index in [9.17, 15) is 56.6 Å². The van der Waals surface area contributed by atoms with Gasteiger partial charge in [0.1, 0.15) is 23.7 Å². The molecule has 0 spiro atoms. The number of nitrogens with two attached hydrogens (primary N) is 1. The second kappa shape index (κ2) is 20.8. The summed E-state index contributed by atoms with van der Waals surface area (Å²) in [7, 11) is 0. The summed E-state index contributed by atoms with van der Waals surface area (Å²) < 4.78 is 64.4. The van der Waals surface area contributed by atoms with E-state index in [-0.39, 0.29) is 25.3 Å². The zero-order valence-corrected chi connectivity index (χ0v) is 35.0. The fourth-order valence-corrected chi connectivity index (χ4v) is 7.71. The van der Waals surface area contributed by atoms with Crippen LogP contribution in [0.3, 0.4) is 0 Å². The Bertz CT molecular complexity index is 2060. The molecule has 1 aliphatic carbocycles. The van der Waals surface area contributed by atoms with E-state index < -0.39 is 130 Å². The van der Waals surface area contributed by atoms with Crippen LogP contribution >= 0.6 is 0 Å². The average molecular weight is 877 g/mol. The Labute approximate surface area is 355 Å². The fourth-order valence-electron chi connectivity index (χ4n) is 7.71. The molecule has 6 amide bonds. The molecule has 5 unspecified atom stereocenters. The molecule has 2 aromatic carbocycles. The summed E-state index contributed by atoms with van der Waals surface area (Å²) in [5, 5.41) is 18.9. The molecule has 1 saturated carbocycles. The standard InChI is InChI=1S/C42H52F4N6O10/c1-20(2)16-24(35(54)39(58)48-18-26(53)50-33(36(47)55)21-12-8-6-9-13-21)49-37(56)25-17-23(62-42(3,4)5)19-52(25)40(59)34(22-14-10-7-11-15-22)51-38(57)27-28(41(60)61)30(44)32(46)31(45)29(27)43/h6,8-9,12-13,20,22-25,33-34H,7,10-11,14-19H2,1-5H3,(H2,47,55)(H,48,58)(H,49,56)(H,50,53)(H,51,57)(H,60,61). The van der Waals surface area contributed by atoms with E-state index in [1.165, 1.54) is 0 Å². The number of carboxylic acid groups (broad SMARTS) is 1. The van der Waals surface area contributed by atoms with Crippen LogP contribution in [0.25, 0.3) is 0 Å². The molecule has 16 nitrogen and oxygen atoms in total. The van der Waals surface area contributed by atoms with E-state index in [1.807, 2.05) is 0 Å². The fraction of sp³-hybridized carbons (Fsp3) is 0.524. The van der Waals surface area contributed by atoms with E-state index in [0.717, 1.165) is 11.3 Å². The molecule has 7 N–H and O–H groups in total. The van der Waals surface area contributed by atoms with Crippen molar-refractivity contribution in [2.24, 2.45) is 17.6 Å². The number of benzene rings is 2. The first kappa shape index (κ1) is 48.7. The highest BCUT2D eigenvalue weighted by Crippen LogP contribution is 2.32. The number of carbonyl (C=O) groups excluding carboxylic acids is 7. The number of Topliss-reactive ketones (excluding diaryl/α,β-unsaturated/α-hetero) is 1. The Morgan fingerprint density at radius 1 is 0.855 bits per heavy atom. The average Bonchev–Trinajstić information content (AvgIpc) is 3.63.